The molecule has 1 heterocycles. The van der Waals surface area contributed by atoms with Crippen LogP contribution in [0.1, 0.15) is 10.4 Å². The van der Waals surface area contributed by atoms with Crippen molar-refractivity contribution >= 4 is 22.7 Å². The van der Waals surface area contributed by atoms with Crippen molar-refractivity contribution in [3.63, 3.8) is 0 Å². The van der Waals surface area contributed by atoms with E-state index >= 15 is 0 Å². The number of ketones is 1. The highest BCUT2D eigenvalue weighted by atomic mass is 19.1. The molecular weight excluding hydrogens is 213 g/mol. The van der Waals surface area contributed by atoms with E-state index in [4.69, 9.17) is 5.11 Å². The molecule has 0 aliphatic rings. The second kappa shape index (κ2) is 3.44. The fraction of sp³-hybridized carbons (Fsp3) is 0.0909. The largest absolute Gasteiger partial charge is 0.475 e. The van der Waals surface area contributed by atoms with Crippen molar-refractivity contribution in [3.8, 4) is 0 Å². The molecule has 0 bridgehead atoms. The smallest absolute Gasteiger partial charge is 0.377 e. The third-order valence-electron chi connectivity index (χ3n) is 2.39. The molecule has 0 aliphatic carbocycles. The third kappa shape index (κ3) is 1.46. The van der Waals surface area contributed by atoms with Gasteiger partial charge in [0.2, 0.25) is 0 Å². The number of hydrogen-bond donors (Lipinski definition) is 1. The normalized spacial score (nSPS) is 10.6. The van der Waals surface area contributed by atoms with Gasteiger partial charge in [0.05, 0.1) is 5.56 Å². The third-order valence-corrected chi connectivity index (χ3v) is 2.39. The van der Waals surface area contributed by atoms with Crippen molar-refractivity contribution in [1.29, 1.82) is 0 Å². The lowest BCUT2D eigenvalue weighted by molar-refractivity contribution is -0.131. The Labute approximate surface area is 89.9 Å². The summed E-state index contributed by atoms with van der Waals surface area (Å²) in [5, 5.41) is 8.94. The van der Waals surface area contributed by atoms with Crippen LogP contribution in [0.3, 0.4) is 0 Å². The van der Waals surface area contributed by atoms with Gasteiger partial charge < -0.3 is 9.67 Å². The first-order chi connectivity index (χ1) is 7.50. The number of Topliss-reactive ketones (excluding diaryl/α,β-unsaturated/α-hetero) is 1. The molecule has 0 atom stereocenters. The topological polar surface area (TPSA) is 59.3 Å². The molecule has 0 aliphatic heterocycles. The zero-order valence-corrected chi connectivity index (χ0v) is 8.40. The summed E-state index contributed by atoms with van der Waals surface area (Å²) in [6, 6.07) is 3.92. The summed E-state index contributed by atoms with van der Waals surface area (Å²) in [5.74, 6) is -3.08. The quantitative estimate of drug-likeness (QED) is 0.618. The number of nitrogens with zero attached hydrogens (tertiary/aromatic N) is 1. The van der Waals surface area contributed by atoms with Crippen LogP contribution in [-0.2, 0) is 11.8 Å². The zero-order valence-electron chi connectivity index (χ0n) is 8.40. The second-order valence-corrected chi connectivity index (χ2v) is 3.45. The first-order valence-electron chi connectivity index (χ1n) is 4.53. The van der Waals surface area contributed by atoms with Gasteiger partial charge in [-0.2, -0.15) is 0 Å². The average Bonchev–Trinajstić information content (AvgIpc) is 2.54. The molecule has 16 heavy (non-hydrogen) atoms. The van der Waals surface area contributed by atoms with Gasteiger partial charge >= 0.3 is 5.97 Å². The van der Waals surface area contributed by atoms with E-state index in [0.717, 1.165) is 6.07 Å². The van der Waals surface area contributed by atoms with E-state index in [-0.39, 0.29) is 5.56 Å². The molecule has 0 saturated heterocycles. The molecule has 2 rings (SSSR count). The van der Waals surface area contributed by atoms with E-state index in [1.165, 1.54) is 18.3 Å². The first-order valence-corrected chi connectivity index (χ1v) is 4.53. The minimum Gasteiger partial charge on any atom is -0.475 e. The molecule has 0 radical (unpaired) electrons. The minimum absolute atomic E-state index is 0.00417. The number of halogens is 1. The van der Waals surface area contributed by atoms with Gasteiger partial charge in [-0.15, -0.1) is 0 Å². The maximum Gasteiger partial charge on any atom is 0.377 e. The van der Waals surface area contributed by atoms with Gasteiger partial charge in [0.1, 0.15) is 5.82 Å². The first kappa shape index (κ1) is 10.4. The fourth-order valence-corrected chi connectivity index (χ4v) is 1.66. The lowest BCUT2D eigenvalue weighted by Crippen LogP contribution is -2.12. The van der Waals surface area contributed by atoms with Gasteiger partial charge in [-0.05, 0) is 18.2 Å². The molecule has 1 N–H and O–H groups in total. The number of rotatable bonds is 2. The monoisotopic (exact) mass is 221 g/mol. The van der Waals surface area contributed by atoms with Gasteiger partial charge in [-0.1, -0.05) is 0 Å². The molecule has 0 saturated carbocycles. The fourth-order valence-electron chi connectivity index (χ4n) is 1.66. The molecule has 1 aromatic carbocycles. The summed E-state index contributed by atoms with van der Waals surface area (Å²) in [7, 11) is 1.67. The number of aliphatic carboxylic acids is 1. The molecule has 0 fully saturated rings. The highest BCUT2D eigenvalue weighted by molar-refractivity contribution is 6.42. The molecule has 0 unspecified atom stereocenters. The van der Waals surface area contributed by atoms with Crippen LogP contribution < -0.4 is 0 Å². The maximum absolute atomic E-state index is 13.0. The molecule has 82 valence electrons. The summed E-state index contributed by atoms with van der Waals surface area (Å²) < 4.78 is 14.6. The average molecular weight is 221 g/mol. The van der Waals surface area contributed by atoms with Gasteiger partial charge in [0.15, 0.2) is 0 Å². The van der Waals surface area contributed by atoms with Crippen molar-refractivity contribution in [2.45, 2.75) is 0 Å². The van der Waals surface area contributed by atoms with E-state index in [1.54, 1.807) is 11.6 Å². The van der Waals surface area contributed by atoms with E-state index < -0.39 is 17.6 Å². The Morgan fingerprint density at radius 2 is 2.06 bits per heavy atom. The van der Waals surface area contributed by atoms with Crippen LogP contribution >= 0.6 is 0 Å². The summed E-state index contributed by atoms with van der Waals surface area (Å²) in [6.45, 7) is 0. The van der Waals surface area contributed by atoms with Crippen LogP contribution in [-0.4, -0.2) is 21.4 Å². The number of carbonyl (C=O) groups is 2. The second-order valence-electron chi connectivity index (χ2n) is 3.45. The summed E-state index contributed by atoms with van der Waals surface area (Å²) in [5.41, 5.74) is 0.621. The number of carboxylic acids is 1. The number of fused-ring (bicyclic) bond motifs is 1. The lowest BCUT2D eigenvalue weighted by atomic mass is 10.1. The summed E-state index contributed by atoms with van der Waals surface area (Å²) in [6.07, 6.45) is 1.39. The Hall–Kier alpha value is -2.17. The van der Waals surface area contributed by atoms with Crippen molar-refractivity contribution in [1.82, 2.24) is 4.57 Å². The van der Waals surface area contributed by atoms with E-state index in [1.807, 2.05) is 0 Å². The summed E-state index contributed by atoms with van der Waals surface area (Å²) >= 11 is 0. The standard InChI is InChI=1S/C11H8FNO3/c1-13-5-8(10(14)11(15)16)7-4-6(12)2-3-9(7)13/h2-5H,1H3,(H,15,16). The van der Waals surface area contributed by atoms with Crippen molar-refractivity contribution in [2.24, 2.45) is 7.05 Å². The molecule has 0 amide bonds. The lowest BCUT2D eigenvalue weighted by Gasteiger charge is -1.95. The zero-order chi connectivity index (χ0) is 11.9. The van der Waals surface area contributed by atoms with Gasteiger partial charge in [-0.25, -0.2) is 9.18 Å². The molecular formula is C11H8FNO3. The molecule has 5 heteroatoms. The highest BCUT2D eigenvalue weighted by Crippen LogP contribution is 2.22. The Bertz CT molecular complexity index is 601. The maximum atomic E-state index is 13.0. The number of hydrogen-bond acceptors (Lipinski definition) is 2. The van der Waals surface area contributed by atoms with E-state index in [2.05, 4.69) is 0 Å². The molecule has 2 aromatic rings. The number of aryl methyl sites for hydroxylation is 1. The Kier molecular flexibility index (Phi) is 2.23. The molecule has 1 aromatic heterocycles. The van der Waals surface area contributed by atoms with Crippen molar-refractivity contribution in [3.05, 3.63) is 35.8 Å². The number of aromatic nitrogens is 1. The van der Waals surface area contributed by atoms with Gasteiger partial charge in [0.25, 0.3) is 5.78 Å². The predicted molar refractivity (Wildman–Crippen MR) is 54.8 cm³/mol. The number of carboxylic acid groups (broad SMARTS) is 1. The summed E-state index contributed by atoms with van der Waals surface area (Å²) in [4.78, 5) is 21.9. The van der Waals surface area contributed by atoms with Crippen LogP contribution in [0.2, 0.25) is 0 Å². The van der Waals surface area contributed by atoms with Crippen molar-refractivity contribution in [2.75, 3.05) is 0 Å². The molecule has 0 spiro atoms. The Balaban J connectivity index is 2.75. The predicted octanol–water partition coefficient (Wildman–Crippen LogP) is 1.58. The highest BCUT2D eigenvalue weighted by Gasteiger charge is 2.20. The minimum atomic E-state index is -1.54. The van der Waals surface area contributed by atoms with Crippen LogP contribution in [0.5, 0.6) is 0 Å². The van der Waals surface area contributed by atoms with E-state index in [0.29, 0.717) is 10.9 Å². The Morgan fingerprint density at radius 3 is 2.69 bits per heavy atom. The van der Waals surface area contributed by atoms with E-state index in [9.17, 15) is 14.0 Å². The van der Waals surface area contributed by atoms with Crippen LogP contribution in [0.25, 0.3) is 10.9 Å². The van der Waals surface area contributed by atoms with Crippen LogP contribution in [0, 0.1) is 5.82 Å². The Morgan fingerprint density at radius 1 is 1.38 bits per heavy atom. The van der Waals surface area contributed by atoms with Crippen LogP contribution in [0.4, 0.5) is 4.39 Å². The van der Waals surface area contributed by atoms with Gasteiger partial charge in [-0.3, -0.25) is 4.79 Å². The number of benzene rings is 1. The van der Waals surface area contributed by atoms with Crippen LogP contribution in [0.15, 0.2) is 24.4 Å². The van der Waals surface area contributed by atoms with Crippen molar-refractivity contribution < 1.29 is 19.1 Å². The van der Waals surface area contributed by atoms with Gasteiger partial charge in [0, 0.05) is 24.1 Å². The number of carbonyl (C=O) groups excluding carboxylic acids is 1. The SMILES string of the molecule is Cn1cc(C(=O)C(=O)O)c2cc(F)ccc21. The molecule has 4 nitrogen and oxygen atoms in total.